The Morgan fingerprint density at radius 1 is 1.19 bits per heavy atom. The molecule has 0 saturated carbocycles. The van der Waals surface area contributed by atoms with Crippen molar-refractivity contribution < 1.29 is 0 Å². The molecule has 0 aliphatic heterocycles. The summed E-state index contributed by atoms with van der Waals surface area (Å²) in [6.07, 6.45) is 1.01. The number of hydrogen-bond donors (Lipinski definition) is 1. The first-order valence-electron chi connectivity index (χ1n) is 6.88. The summed E-state index contributed by atoms with van der Waals surface area (Å²) in [6, 6.07) is 8.65. The minimum atomic E-state index is 0.347. The predicted octanol–water partition coefficient (Wildman–Crippen LogP) is 4.60. The summed E-state index contributed by atoms with van der Waals surface area (Å²) in [6.45, 7) is 6.38. The lowest BCUT2D eigenvalue weighted by Crippen LogP contribution is -1.95. The second kappa shape index (κ2) is 5.66. The third-order valence-corrected chi connectivity index (χ3v) is 5.66. The highest BCUT2D eigenvalue weighted by Crippen LogP contribution is 2.37. The molecule has 2 N–H and O–H groups in total. The van der Waals surface area contributed by atoms with Crippen molar-refractivity contribution >= 4 is 39.3 Å². The number of nitrogens with zero attached hydrogens (tertiary/aromatic N) is 2. The topological polar surface area (TPSA) is 51.8 Å². The Balaban J connectivity index is 2.11. The Kier molecular flexibility index (Phi) is 3.87. The summed E-state index contributed by atoms with van der Waals surface area (Å²) in [7, 11) is 0. The zero-order chi connectivity index (χ0) is 15.0. The number of thiophene rings is 1. The highest BCUT2D eigenvalue weighted by Gasteiger charge is 2.12. The standard InChI is InChI=1S/C16H17N3S2/c1-4-11-8-12-14(20-11)18-16(17)19-15(12)21-13-7-9(2)5-6-10(13)3/h5-8H,4H2,1-3H3,(H2,17,18,19). The number of rotatable bonds is 3. The quantitative estimate of drug-likeness (QED) is 0.717. The monoisotopic (exact) mass is 315 g/mol. The number of benzene rings is 1. The smallest absolute Gasteiger partial charge is 0.222 e. The van der Waals surface area contributed by atoms with E-state index >= 15 is 0 Å². The van der Waals surface area contributed by atoms with Crippen molar-refractivity contribution in [3.63, 3.8) is 0 Å². The molecular weight excluding hydrogens is 298 g/mol. The molecule has 0 amide bonds. The van der Waals surface area contributed by atoms with E-state index in [2.05, 4.69) is 55.0 Å². The summed E-state index contributed by atoms with van der Waals surface area (Å²) in [5, 5.41) is 2.05. The molecular formula is C16H17N3S2. The molecule has 0 fully saturated rings. The Labute approximate surface area is 132 Å². The van der Waals surface area contributed by atoms with E-state index in [-0.39, 0.29) is 0 Å². The minimum absolute atomic E-state index is 0.347. The lowest BCUT2D eigenvalue weighted by molar-refractivity contribution is 1.12. The second-order valence-electron chi connectivity index (χ2n) is 5.04. The van der Waals surface area contributed by atoms with Gasteiger partial charge in [0.25, 0.3) is 0 Å². The molecule has 0 saturated heterocycles. The van der Waals surface area contributed by atoms with Crippen LogP contribution in [0.1, 0.15) is 22.9 Å². The largest absolute Gasteiger partial charge is 0.368 e. The lowest BCUT2D eigenvalue weighted by Gasteiger charge is -2.07. The van der Waals surface area contributed by atoms with Gasteiger partial charge in [-0.3, -0.25) is 0 Å². The molecule has 5 heteroatoms. The molecule has 0 radical (unpaired) electrons. The molecule has 3 nitrogen and oxygen atoms in total. The molecule has 3 rings (SSSR count). The van der Waals surface area contributed by atoms with Gasteiger partial charge in [0.15, 0.2) is 0 Å². The van der Waals surface area contributed by atoms with Crippen LogP contribution in [-0.4, -0.2) is 9.97 Å². The van der Waals surface area contributed by atoms with Crippen molar-refractivity contribution in [1.29, 1.82) is 0 Å². The van der Waals surface area contributed by atoms with E-state index in [4.69, 9.17) is 5.73 Å². The fourth-order valence-electron chi connectivity index (χ4n) is 2.13. The highest BCUT2D eigenvalue weighted by molar-refractivity contribution is 7.99. The maximum Gasteiger partial charge on any atom is 0.222 e. The molecule has 0 aliphatic carbocycles. The van der Waals surface area contributed by atoms with E-state index in [1.807, 2.05) is 0 Å². The average molecular weight is 315 g/mol. The van der Waals surface area contributed by atoms with Crippen molar-refractivity contribution in [1.82, 2.24) is 9.97 Å². The number of hydrogen-bond acceptors (Lipinski definition) is 5. The Hall–Kier alpha value is -1.59. The fourth-order valence-corrected chi connectivity index (χ4v) is 4.26. The number of aromatic nitrogens is 2. The van der Waals surface area contributed by atoms with E-state index in [1.54, 1.807) is 23.1 Å². The first-order valence-corrected chi connectivity index (χ1v) is 8.51. The Bertz CT molecular complexity index is 809. The van der Waals surface area contributed by atoms with E-state index in [0.717, 1.165) is 21.7 Å². The van der Waals surface area contributed by atoms with Crippen LogP contribution in [0.4, 0.5) is 5.95 Å². The summed E-state index contributed by atoms with van der Waals surface area (Å²) < 4.78 is 0. The number of fused-ring (bicyclic) bond motifs is 1. The normalized spacial score (nSPS) is 11.2. The van der Waals surface area contributed by atoms with Crippen LogP contribution in [0.5, 0.6) is 0 Å². The fraction of sp³-hybridized carbons (Fsp3) is 0.250. The number of anilines is 1. The van der Waals surface area contributed by atoms with Gasteiger partial charge in [0, 0.05) is 15.2 Å². The van der Waals surface area contributed by atoms with Crippen LogP contribution >= 0.6 is 23.1 Å². The van der Waals surface area contributed by atoms with Gasteiger partial charge >= 0.3 is 0 Å². The molecule has 0 spiro atoms. The van der Waals surface area contributed by atoms with Crippen molar-refractivity contribution in [3.05, 3.63) is 40.3 Å². The zero-order valence-corrected chi connectivity index (χ0v) is 13.9. The number of nitrogens with two attached hydrogens (primary N) is 1. The summed E-state index contributed by atoms with van der Waals surface area (Å²) >= 11 is 3.37. The lowest BCUT2D eigenvalue weighted by atomic mass is 10.2. The van der Waals surface area contributed by atoms with Crippen LogP contribution < -0.4 is 5.73 Å². The van der Waals surface area contributed by atoms with Crippen LogP contribution in [0.2, 0.25) is 0 Å². The Morgan fingerprint density at radius 3 is 2.76 bits per heavy atom. The molecule has 2 heterocycles. The molecule has 21 heavy (non-hydrogen) atoms. The van der Waals surface area contributed by atoms with Crippen LogP contribution in [0, 0.1) is 13.8 Å². The first kappa shape index (κ1) is 14.4. The Morgan fingerprint density at radius 2 is 2.00 bits per heavy atom. The average Bonchev–Trinajstić information content (AvgIpc) is 2.86. The molecule has 0 bridgehead atoms. The second-order valence-corrected chi connectivity index (χ2v) is 7.19. The van der Waals surface area contributed by atoms with Crippen LogP contribution in [0.15, 0.2) is 34.2 Å². The SMILES string of the molecule is CCc1cc2c(Sc3cc(C)ccc3C)nc(N)nc2s1. The van der Waals surface area contributed by atoms with E-state index < -0.39 is 0 Å². The maximum atomic E-state index is 5.87. The predicted molar refractivity (Wildman–Crippen MR) is 91.2 cm³/mol. The molecule has 108 valence electrons. The zero-order valence-electron chi connectivity index (χ0n) is 12.3. The van der Waals surface area contributed by atoms with Gasteiger partial charge in [-0.15, -0.1) is 11.3 Å². The van der Waals surface area contributed by atoms with Gasteiger partial charge in [-0.2, -0.15) is 0 Å². The summed E-state index contributed by atoms with van der Waals surface area (Å²) in [5.74, 6) is 0.347. The molecule has 0 aliphatic rings. The molecule has 0 unspecified atom stereocenters. The molecule has 1 aromatic carbocycles. The number of aryl methyl sites for hydroxylation is 3. The van der Waals surface area contributed by atoms with Crippen molar-refractivity contribution in [3.8, 4) is 0 Å². The first-order chi connectivity index (χ1) is 10.1. The third kappa shape index (κ3) is 2.89. The maximum absolute atomic E-state index is 5.87. The third-order valence-electron chi connectivity index (χ3n) is 3.32. The van der Waals surface area contributed by atoms with E-state index in [0.29, 0.717) is 5.95 Å². The van der Waals surface area contributed by atoms with E-state index in [1.165, 1.54) is 20.9 Å². The molecule has 0 atom stereocenters. The van der Waals surface area contributed by atoms with E-state index in [9.17, 15) is 0 Å². The summed E-state index contributed by atoms with van der Waals surface area (Å²) in [4.78, 5) is 12.3. The van der Waals surface area contributed by atoms with Crippen molar-refractivity contribution in [2.75, 3.05) is 5.73 Å². The van der Waals surface area contributed by atoms with Crippen LogP contribution in [0.25, 0.3) is 10.2 Å². The van der Waals surface area contributed by atoms with Gasteiger partial charge in [-0.05, 0) is 43.5 Å². The van der Waals surface area contributed by atoms with Gasteiger partial charge in [0.05, 0.1) is 0 Å². The van der Waals surface area contributed by atoms with Crippen LogP contribution in [0.3, 0.4) is 0 Å². The summed E-state index contributed by atoms with van der Waals surface area (Å²) in [5.41, 5.74) is 8.37. The highest BCUT2D eigenvalue weighted by atomic mass is 32.2. The van der Waals surface area contributed by atoms with Gasteiger partial charge in [0.1, 0.15) is 9.86 Å². The van der Waals surface area contributed by atoms with Crippen molar-refractivity contribution in [2.24, 2.45) is 0 Å². The minimum Gasteiger partial charge on any atom is -0.368 e. The van der Waals surface area contributed by atoms with Crippen LogP contribution in [-0.2, 0) is 6.42 Å². The molecule has 3 aromatic rings. The van der Waals surface area contributed by atoms with Gasteiger partial charge in [-0.25, -0.2) is 9.97 Å². The van der Waals surface area contributed by atoms with Gasteiger partial charge in [-0.1, -0.05) is 30.8 Å². The van der Waals surface area contributed by atoms with Gasteiger partial charge in [0.2, 0.25) is 5.95 Å². The number of nitrogen functional groups attached to an aromatic ring is 1. The molecule has 2 aromatic heterocycles. The van der Waals surface area contributed by atoms with Crippen molar-refractivity contribution in [2.45, 2.75) is 37.1 Å². The van der Waals surface area contributed by atoms with Gasteiger partial charge < -0.3 is 5.73 Å².